The highest BCUT2D eigenvalue weighted by atomic mass is 35.5. The Bertz CT molecular complexity index is 880. The van der Waals surface area contributed by atoms with Crippen molar-refractivity contribution >= 4 is 40.2 Å². The molecule has 5 nitrogen and oxygen atoms in total. The fraction of sp³-hybridized carbons (Fsp3) is 0.0556. The van der Waals surface area contributed by atoms with E-state index >= 15 is 0 Å². The summed E-state index contributed by atoms with van der Waals surface area (Å²) < 4.78 is 0. The molecule has 0 aliphatic carbocycles. The Kier molecular flexibility index (Phi) is 5.77. The molecule has 1 heterocycles. The van der Waals surface area contributed by atoms with Crippen LogP contribution in [0.4, 0.5) is 5.13 Å². The first-order chi connectivity index (χ1) is 12.2. The van der Waals surface area contributed by atoms with Gasteiger partial charge in [-0.15, -0.1) is 11.3 Å². The molecule has 2 aromatic carbocycles. The maximum Gasteiger partial charge on any atom is 0.247 e. The van der Waals surface area contributed by atoms with Crippen LogP contribution in [-0.2, 0) is 4.79 Å². The average Bonchev–Trinajstić information content (AvgIpc) is 3.08. The van der Waals surface area contributed by atoms with Crippen LogP contribution in [-0.4, -0.2) is 23.7 Å². The summed E-state index contributed by atoms with van der Waals surface area (Å²) in [7, 11) is 0. The number of hydrazone groups is 1. The average molecular weight is 371 g/mol. The normalized spacial score (nSPS) is 10.8. The Balaban J connectivity index is 1.49. The van der Waals surface area contributed by atoms with Crippen LogP contribution >= 0.6 is 22.9 Å². The van der Waals surface area contributed by atoms with Gasteiger partial charge in [0, 0.05) is 16.0 Å². The third-order valence-corrected chi connectivity index (χ3v) is 4.21. The van der Waals surface area contributed by atoms with E-state index < -0.39 is 0 Å². The summed E-state index contributed by atoms with van der Waals surface area (Å²) in [6, 6.07) is 17.1. The highest BCUT2D eigenvalue weighted by Crippen LogP contribution is 2.24. The van der Waals surface area contributed by atoms with Gasteiger partial charge >= 0.3 is 0 Å². The molecule has 0 spiro atoms. The van der Waals surface area contributed by atoms with Crippen LogP contribution in [0.15, 0.2) is 65.1 Å². The SMILES string of the molecule is O=C(CN/N=C/c1cccc(Cl)c1)Nc1nc(-c2ccccc2)cs1. The van der Waals surface area contributed by atoms with Crippen molar-refractivity contribution < 1.29 is 4.79 Å². The summed E-state index contributed by atoms with van der Waals surface area (Å²) in [4.78, 5) is 16.3. The fourth-order valence-corrected chi connectivity index (χ4v) is 3.00. The van der Waals surface area contributed by atoms with Crippen LogP contribution in [0.5, 0.6) is 0 Å². The number of anilines is 1. The van der Waals surface area contributed by atoms with E-state index in [1.807, 2.05) is 47.8 Å². The van der Waals surface area contributed by atoms with Crippen molar-refractivity contribution in [2.45, 2.75) is 0 Å². The number of hydrogen-bond donors (Lipinski definition) is 2. The lowest BCUT2D eigenvalue weighted by molar-refractivity contribution is -0.115. The predicted octanol–water partition coefficient (Wildman–Crippen LogP) is 4.03. The van der Waals surface area contributed by atoms with Gasteiger partial charge in [0.2, 0.25) is 5.91 Å². The van der Waals surface area contributed by atoms with Crippen molar-refractivity contribution in [2.75, 3.05) is 11.9 Å². The molecule has 7 heteroatoms. The molecule has 126 valence electrons. The van der Waals surface area contributed by atoms with Crippen LogP contribution in [0.25, 0.3) is 11.3 Å². The molecule has 0 unspecified atom stereocenters. The molecular formula is C18H15ClN4OS. The number of carbonyl (C=O) groups is 1. The van der Waals surface area contributed by atoms with Crippen molar-refractivity contribution in [3.8, 4) is 11.3 Å². The topological polar surface area (TPSA) is 66.4 Å². The van der Waals surface area contributed by atoms with Crippen molar-refractivity contribution in [1.29, 1.82) is 0 Å². The maximum atomic E-state index is 11.9. The Labute approximate surface area is 154 Å². The van der Waals surface area contributed by atoms with Gasteiger partial charge in [0.05, 0.1) is 11.9 Å². The van der Waals surface area contributed by atoms with Gasteiger partial charge in [0.15, 0.2) is 5.13 Å². The second kappa shape index (κ2) is 8.41. The van der Waals surface area contributed by atoms with Crippen molar-refractivity contribution in [3.05, 3.63) is 70.6 Å². The van der Waals surface area contributed by atoms with Crippen LogP contribution in [0.2, 0.25) is 5.02 Å². The second-order valence-electron chi connectivity index (χ2n) is 5.10. The number of halogens is 1. The van der Waals surface area contributed by atoms with Crippen LogP contribution < -0.4 is 10.7 Å². The van der Waals surface area contributed by atoms with Gasteiger partial charge in [-0.2, -0.15) is 5.10 Å². The molecule has 25 heavy (non-hydrogen) atoms. The summed E-state index contributed by atoms with van der Waals surface area (Å²) in [6.07, 6.45) is 1.61. The largest absolute Gasteiger partial charge is 0.301 e. The monoisotopic (exact) mass is 370 g/mol. The number of nitrogens with zero attached hydrogens (tertiary/aromatic N) is 2. The van der Waals surface area contributed by atoms with Crippen LogP contribution in [0.3, 0.4) is 0 Å². The van der Waals surface area contributed by atoms with Crippen molar-refractivity contribution in [1.82, 2.24) is 10.4 Å². The third kappa shape index (κ3) is 5.14. The molecular weight excluding hydrogens is 356 g/mol. The number of benzene rings is 2. The number of aromatic nitrogens is 1. The summed E-state index contributed by atoms with van der Waals surface area (Å²) in [6.45, 7) is 0.0529. The number of nitrogens with one attached hydrogen (secondary N) is 2. The maximum absolute atomic E-state index is 11.9. The molecule has 0 radical (unpaired) electrons. The van der Waals surface area contributed by atoms with Crippen LogP contribution in [0, 0.1) is 0 Å². The minimum atomic E-state index is -0.211. The molecule has 0 saturated carbocycles. The molecule has 0 aliphatic rings. The second-order valence-corrected chi connectivity index (χ2v) is 6.39. The van der Waals surface area contributed by atoms with Gasteiger partial charge in [-0.3, -0.25) is 4.79 Å². The minimum absolute atomic E-state index is 0.0529. The molecule has 3 aromatic rings. The van der Waals surface area contributed by atoms with Crippen molar-refractivity contribution in [2.24, 2.45) is 5.10 Å². The van der Waals surface area contributed by atoms with E-state index in [0.717, 1.165) is 16.8 Å². The summed E-state index contributed by atoms with van der Waals surface area (Å²) >= 11 is 7.28. The smallest absolute Gasteiger partial charge is 0.247 e. The predicted molar refractivity (Wildman–Crippen MR) is 103 cm³/mol. The van der Waals surface area contributed by atoms with Gasteiger partial charge in [0.25, 0.3) is 0 Å². The van der Waals surface area contributed by atoms with E-state index in [1.165, 1.54) is 11.3 Å². The van der Waals surface area contributed by atoms with E-state index in [2.05, 4.69) is 20.8 Å². The molecule has 1 amide bonds. The van der Waals surface area contributed by atoms with Gasteiger partial charge < -0.3 is 10.7 Å². The molecule has 3 rings (SSSR count). The van der Waals surface area contributed by atoms with E-state index in [4.69, 9.17) is 11.6 Å². The lowest BCUT2D eigenvalue weighted by Crippen LogP contribution is -2.24. The summed E-state index contributed by atoms with van der Waals surface area (Å²) in [5.41, 5.74) is 5.42. The first-order valence-corrected chi connectivity index (χ1v) is 8.79. The Hall–Kier alpha value is -2.70. The lowest BCUT2D eigenvalue weighted by atomic mass is 10.2. The first-order valence-electron chi connectivity index (χ1n) is 7.53. The van der Waals surface area contributed by atoms with Gasteiger partial charge in [-0.25, -0.2) is 4.98 Å². The number of carbonyl (C=O) groups excluding carboxylic acids is 1. The zero-order chi connectivity index (χ0) is 17.5. The molecule has 0 bridgehead atoms. The lowest BCUT2D eigenvalue weighted by Gasteiger charge is -2.01. The molecule has 1 aromatic heterocycles. The fourth-order valence-electron chi connectivity index (χ4n) is 2.06. The minimum Gasteiger partial charge on any atom is -0.301 e. The van der Waals surface area contributed by atoms with E-state index in [9.17, 15) is 4.79 Å². The van der Waals surface area contributed by atoms with Gasteiger partial charge in [-0.05, 0) is 17.7 Å². The third-order valence-electron chi connectivity index (χ3n) is 3.21. The van der Waals surface area contributed by atoms with Gasteiger partial charge in [0.1, 0.15) is 6.54 Å². The quantitative estimate of drug-likeness (QED) is 0.508. The number of amides is 1. The number of hydrogen-bond acceptors (Lipinski definition) is 5. The Morgan fingerprint density at radius 2 is 2.04 bits per heavy atom. The molecule has 0 fully saturated rings. The molecule has 0 aliphatic heterocycles. The standard InChI is InChI=1S/C18H15ClN4OS/c19-15-8-4-5-13(9-15)10-20-21-11-17(24)23-18-22-16(12-25-18)14-6-2-1-3-7-14/h1-10,12,21H,11H2,(H,22,23,24)/b20-10+. The highest BCUT2D eigenvalue weighted by Gasteiger charge is 2.07. The summed E-state index contributed by atoms with van der Waals surface area (Å²) in [5, 5.41) is 9.87. The van der Waals surface area contributed by atoms with E-state index in [1.54, 1.807) is 18.3 Å². The molecule has 0 atom stereocenters. The number of thiazole rings is 1. The summed E-state index contributed by atoms with van der Waals surface area (Å²) in [5.74, 6) is -0.211. The van der Waals surface area contributed by atoms with Gasteiger partial charge in [-0.1, -0.05) is 54.1 Å². The van der Waals surface area contributed by atoms with E-state index in [0.29, 0.717) is 10.2 Å². The Morgan fingerprint density at radius 1 is 1.20 bits per heavy atom. The number of rotatable bonds is 6. The Morgan fingerprint density at radius 3 is 2.84 bits per heavy atom. The molecule has 0 saturated heterocycles. The zero-order valence-corrected chi connectivity index (χ0v) is 14.7. The van der Waals surface area contributed by atoms with Crippen LogP contribution in [0.1, 0.15) is 5.56 Å². The highest BCUT2D eigenvalue weighted by molar-refractivity contribution is 7.14. The zero-order valence-electron chi connectivity index (χ0n) is 13.1. The van der Waals surface area contributed by atoms with Crippen molar-refractivity contribution in [3.63, 3.8) is 0 Å². The first kappa shape index (κ1) is 17.1. The van der Waals surface area contributed by atoms with E-state index in [-0.39, 0.29) is 12.5 Å². The molecule has 2 N–H and O–H groups in total.